The van der Waals surface area contributed by atoms with Crippen LogP contribution in [0.5, 0.6) is 5.75 Å². The first-order valence-electron chi connectivity index (χ1n) is 7.27. The fraction of sp³-hybridized carbons (Fsp3) is 0.167. The van der Waals surface area contributed by atoms with E-state index in [1.165, 1.54) is 0 Å². The normalized spacial score (nSPS) is 11.0. The van der Waals surface area contributed by atoms with Crippen molar-refractivity contribution in [2.24, 2.45) is 0 Å². The van der Waals surface area contributed by atoms with Crippen LogP contribution in [0.1, 0.15) is 11.1 Å². The van der Waals surface area contributed by atoms with E-state index >= 15 is 0 Å². The number of nitrogens with one attached hydrogen (secondary N) is 1. The summed E-state index contributed by atoms with van der Waals surface area (Å²) in [6.45, 7) is 1.94. The van der Waals surface area contributed by atoms with Gasteiger partial charge < -0.3 is 14.8 Å². The van der Waals surface area contributed by atoms with Crippen LogP contribution >= 0.6 is 23.2 Å². The summed E-state index contributed by atoms with van der Waals surface area (Å²) >= 11 is 12.3. The molecule has 0 saturated carbocycles. The zero-order chi connectivity index (χ0) is 17.4. The second-order valence-electron chi connectivity index (χ2n) is 5.54. The molecule has 124 valence electrons. The molecule has 6 heteroatoms. The minimum absolute atomic E-state index is 0.124. The van der Waals surface area contributed by atoms with Gasteiger partial charge in [-0.05, 0) is 48.4 Å². The highest BCUT2D eigenvalue weighted by atomic mass is 35.5. The van der Waals surface area contributed by atoms with Gasteiger partial charge in [-0.1, -0.05) is 23.2 Å². The standard InChI is InChI=1S/C18H15Cl2NO3/c1-9-5-11(24-2)7-13-14(8-16(22)23)18(21-17(9)13)12-4-3-10(19)6-15(12)20/h3-7,21H,8H2,1-2H3,(H,22,23). The van der Waals surface area contributed by atoms with Crippen LogP contribution in [0.4, 0.5) is 0 Å². The topological polar surface area (TPSA) is 62.3 Å². The summed E-state index contributed by atoms with van der Waals surface area (Å²) in [5.41, 5.74) is 3.90. The van der Waals surface area contributed by atoms with Crippen LogP contribution in [-0.2, 0) is 11.2 Å². The number of hydrogen-bond donors (Lipinski definition) is 2. The van der Waals surface area contributed by atoms with Crippen LogP contribution in [0.15, 0.2) is 30.3 Å². The molecule has 0 bridgehead atoms. The molecular weight excluding hydrogens is 349 g/mol. The molecule has 24 heavy (non-hydrogen) atoms. The van der Waals surface area contributed by atoms with Crippen LogP contribution < -0.4 is 4.74 Å². The molecule has 0 aliphatic heterocycles. The van der Waals surface area contributed by atoms with E-state index in [0.29, 0.717) is 32.6 Å². The van der Waals surface area contributed by atoms with Crippen LogP contribution in [0.3, 0.4) is 0 Å². The number of fused-ring (bicyclic) bond motifs is 1. The minimum Gasteiger partial charge on any atom is -0.497 e. The lowest BCUT2D eigenvalue weighted by molar-refractivity contribution is -0.136. The summed E-state index contributed by atoms with van der Waals surface area (Å²) in [6.07, 6.45) is -0.124. The third-order valence-corrected chi connectivity index (χ3v) is 4.50. The van der Waals surface area contributed by atoms with Crippen LogP contribution in [0.2, 0.25) is 10.0 Å². The maximum Gasteiger partial charge on any atom is 0.307 e. The van der Waals surface area contributed by atoms with Crippen molar-refractivity contribution in [2.45, 2.75) is 13.3 Å². The molecule has 2 aromatic carbocycles. The number of carbonyl (C=O) groups is 1. The van der Waals surface area contributed by atoms with Gasteiger partial charge in [-0.3, -0.25) is 4.79 Å². The predicted molar refractivity (Wildman–Crippen MR) is 96.4 cm³/mol. The van der Waals surface area contributed by atoms with Gasteiger partial charge in [-0.2, -0.15) is 0 Å². The maximum absolute atomic E-state index is 11.4. The summed E-state index contributed by atoms with van der Waals surface area (Å²) in [6, 6.07) is 8.89. The van der Waals surface area contributed by atoms with Crippen LogP contribution in [-0.4, -0.2) is 23.2 Å². The van der Waals surface area contributed by atoms with Gasteiger partial charge >= 0.3 is 5.97 Å². The quantitative estimate of drug-likeness (QED) is 0.678. The Hall–Kier alpha value is -2.17. The molecule has 4 nitrogen and oxygen atoms in total. The fourth-order valence-electron chi connectivity index (χ4n) is 2.87. The van der Waals surface area contributed by atoms with Gasteiger partial charge in [0.2, 0.25) is 0 Å². The largest absolute Gasteiger partial charge is 0.497 e. The molecule has 0 spiro atoms. The highest BCUT2D eigenvalue weighted by molar-refractivity contribution is 6.36. The lowest BCUT2D eigenvalue weighted by Crippen LogP contribution is -2.01. The number of carboxylic acid groups (broad SMARTS) is 1. The molecule has 3 rings (SSSR count). The summed E-state index contributed by atoms with van der Waals surface area (Å²) in [5.74, 6) is -0.234. The first kappa shape index (κ1) is 16.7. The van der Waals surface area contributed by atoms with Crippen LogP contribution in [0, 0.1) is 6.92 Å². The lowest BCUT2D eigenvalue weighted by Gasteiger charge is -2.06. The molecule has 1 heterocycles. The third kappa shape index (κ3) is 2.95. The number of ether oxygens (including phenoxy) is 1. The Balaban J connectivity index is 2.34. The van der Waals surface area contributed by atoms with Gasteiger partial charge in [0.1, 0.15) is 5.75 Å². The second-order valence-corrected chi connectivity index (χ2v) is 6.38. The van der Waals surface area contributed by atoms with Crippen molar-refractivity contribution < 1.29 is 14.6 Å². The number of rotatable bonds is 4. The van der Waals surface area contributed by atoms with Crippen molar-refractivity contribution in [1.82, 2.24) is 4.98 Å². The number of carboxylic acids is 1. The van der Waals surface area contributed by atoms with E-state index in [2.05, 4.69) is 4.98 Å². The smallest absolute Gasteiger partial charge is 0.307 e. The molecule has 0 amide bonds. The zero-order valence-corrected chi connectivity index (χ0v) is 14.6. The Morgan fingerprint density at radius 1 is 1.25 bits per heavy atom. The van der Waals surface area contributed by atoms with E-state index in [1.54, 1.807) is 25.3 Å². The molecule has 0 saturated heterocycles. The van der Waals surface area contributed by atoms with E-state index in [1.807, 2.05) is 19.1 Å². The predicted octanol–water partition coefficient (Wildman–Crippen LogP) is 5.09. The maximum atomic E-state index is 11.4. The highest BCUT2D eigenvalue weighted by Crippen LogP contribution is 2.38. The molecule has 0 radical (unpaired) electrons. The Kier molecular flexibility index (Phi) is 4.43. The number of aryl methyl sites for hydroxylation is 1. The Labute approximate surface area is 149 Å². The summed E-state index contributed by atoms with van der Waals surface area (Å²) in [7, 11) is 1.58. The molecule has 0 unspecified atom stereocenters. The van der Waals surface area contributed by atoms with Crippen molar-refractivity contribution in [3.63, 3.8) is 0 Å². The van der Waals surface area contributed by atoms with Crippen molar-refractivity contribution in [2.75, 3.05) is 7.11 Å². The Morgan fingerprint density at radius 3 is 2.62 bits per heavy atom. The van der Waals surface area contributed by atoms with Gasteiger partial charge in [-0.15, -0.1) is 0 Å². The number of halogens is 2. The highest BCUT2D eigenvalue weighted by Gasteiger charge is 2.19. The summed E-state index contributed by atoms with van der Waals surface area (Å²) < 4.78 is 5.31. The van der Waals surface area contributed by atoms with Crippen molar-refractivity contribution in [3.05, 3.63) is 51.5 Å². The first-order valence-corrected chi connectivity index (χ1v) is 8.02. The molecule has 0 aliphatic carbocycles. The number of H-pyrrole nitrogens is 1. The van der Waals surface area contributed by atoms with Gasteiger partial charge in [0.25, 0.3) is 0 Å². The Morgan fingerprint density at radius 2 is 2.00 bits per heavy atom. The van der Waals surface area contributed by atoms with Crippen molar-refractivity contribution in [3.8, 4) is 17.0 Å². The first-order chi connectivity index (χ1) is 11.4. The van der Waals surface area contributed by atoms with Gasteiger partial charge in [-0.25, -0.2) is 0 Å². The van der Waals surface area contributed by atoms with E-state index in [4.69, 9.17) is 27.9 Å². The van der Waals surface area contributed by atoms with E-state index in [-0.39, 0.29) is 6.42 Å². The zero-order valence-electron chi connectivity index (χ0n) is 13.1. The molecule has 2 N–H and O–H groups in total. The number of hydrogen-bond acceptors (Lipinski definition) is 2. The van der Waals surface area contributed by atoms with E-state index < -0.39 is 5.97 Å². The van der Waals surface area contributed by atoms with Gasteiger partial charge in [0, 0.05) is 21.5 Å². The number of aliphatic carboxylic acids is 1. The number of aromatic nitrogens is 1. The summed E-state index contributed by atoms with van der Waals surface area (Å²) in [5, 5.41) is 11.1. The van der Waals surface area contributed by atoms with E-state index in [9.17, 15) is 9.90 Å². The average Bonchev–Trinajstić information content (AvgIpc) is 2.86. The van der Waals surface area contributed by atoms with Gasteiger partial charge in [0.05, 0.1) is 24.2 Å². The number of benzene rings is 2. The summed E-state index contributed by atoms with van der Waals surface area (Å²) in [4.78, 5) is 14.7. The second kappa shape index (κ2) is 6.38. The third-order valence-electron chi connectivity index (χ3n) is 3.95. The molecule has 3 aromatic rings. The number of methoxy groups -OCH3 is 1. The van der Waals surface area contributed by atoms with E-state index in [0.717, 1.165) is 16.5 Å². The fourth-order valence-corrected chi connectivity index (χ4v) is 3.37. The molecular formula is C18H15Cl2NO3. The van der Waals surface area contributed by atoms with Gasteiger partial charge in [0.15, 0.2) is 0 Å². The molecule has 0 aliphatic rings. The minimum atomic E-state index is -0.914. The molecule has 1 aromatic heterocycles. The van der Waals surface area contributed by atoms with Crippen LogP contribution in [0.25, 0.3) is 22.2 Å². The SMILES string of the molecule is COc1cc(C)c2[nH]c(-c3ccc(Cl)cc3Cl)c(CC(=O)O)c2c1. The Bertz CT molecular complexity index is 947. The number of aromatic amines is 1. The lowest BCUT2D eigenvalue weighted by atomic mass is 10.0. The monoisotopic (exact) mass is 363 g/mol. The van der Waals surface area contributed by atoms with Crippen molar-refractivity contribution in [1.29, 1.82) is 0 Å². The average molecular weight is 364 g/mol. The molecule has 0 fully saturated rings. The molecule has 0 atom stereocenters. The van der Waals surface area contributed by atoms with Crippen molar-refractivity contribution >= 4 is 40.1 Å².